The van der Waals surface area contributed by atoms with E-state index in [0.29, 0.717) is 30.1 Å². The molecule has 1 saturated heterocycles. The van der Waals surface area contributed by atoms with Gasteiger partial charge in [-0.2, -0.15) is 0 Å². The van der Waals surface area contributed by atoms with Crippen molar-refractivity contribution in [2.24, 2.45) is 0 Å². The number of carbonyl (C=O) groups is 1. The SMILES string of the molecule is CC1(C)OC[C@H](CNC(=O)c2cncn2-c2ccc(-c3ccc(F)c(F)c3)cc2)O1. The Hall–Kier alpha value is -3.10. The van der Waals surface area contributed by atoms with Crippen LogP contribution in [0.15, 0.2) is 55.0 Å². The molecule has 0 aliphatic carbocycles. The number of hydrogen-bond acceptors (Lipinski definition) is 4. The van der Waals surface area contributed by atoms with Crippen LogP contribution in [0.4, 0.5) is 8.78 Å². The predicted molar refractivity (Wildman–Crippen MR) is 106 cm³/mol. The summed E-state index contributed by atoms with van der Waals surface area (Å²) in [5.41, 5.74) is 2.37. The maximum Gasteiger partial charge on any atom is 0.270 e. The zero-order chi connectivity index (χ0) is 21.3. The minimum atomic E-state index is -0.898. The average molecular weight is 413 g/mol. The summed E-state index contributed by atoms with van der Waals surface area (Å²) in [6.45, 7) is 4.39. The van der Waals surface area contributed by atoms with Crippen molar-refractivity contribution >= 4 is 5.91 Å². The Kier molecular flexibility index (Phi) is 5.36. The van der Waals surface area contributed by atoms with Crippen molar-refractivity contribution in [1.29, 1.82) is 0 Å². The van der Waals surface area contributed by atoms with Gasteiger partial charge < -0.3 is 14.8 Å². The second kappa shape index (κ2) is 7.97. The molecule has 0 saturated carbocycles. The van der Waals surface area contributed by atoms with E-state index < -0.39 is 17.4 Å². The highest BCUT2D eigenvalue weighted by Gasteiger charge is 2.32. The molecule has 2 aromatic carbocycles. The van der Waals surface area contributed by atoms with Gasteiger partial charge in [0.25, 0.3) is 5.91 Å². The molecule has 1 aromatic heterocycles. The van der Waals surface area contributed by atoms with Crippen LogP contribution < -0.4 is 5.32 Å². The molecule has 156 valence electrons. The standard InChI is InChI=1S/C22H21F2N3O3/c1-22(2)29-12-17(30-22)10-26-21(28)20-11-25-13-27(20)16-6-3-14(4-7-16)15-5-8-18(23)19(24)9-15/h3-9,11,13,17H,10,12H2,1-2H3,(H,26,28)/t17-/m0/s1. The summed E-state index contributed by atoms with van der Waals surface area (Å²) in [6.07, 6.45) is 2.81. The normalized spacial score (nSPS) is 17.8. The fourth-order valence-corrected chi connectivity index (χ4v) is 3.32. The lowest BCUT2D eigenvalue weighted by Crippen LogP contribution is -2.35. The fourth-order valence-electron chi connectivity index (χ4n) is 3.32. The van der Waals surface area contributed by atoms with Crippen LogP contribution in [0.25, 0.3) is 16.8 Å². The molecule has 8 heteroatoms. The lowest BCUT2D eigenvalue weighted by molar-refractivity contribution is -0.137. The van der Waals surface area contributed by atoms with E-state index in [1.54, 1.807) is 35.2 Å². The van der Waals surface area contributed by atoms with E-state index in [-0.39, 0.29) is 12.0 Å². The van der Waals surface area contributed by atoms with Crippen LogP contribution in [-0.4, -0.2) is 40.5 Å². The van der Waals surface area contributed by atoms with Gasteiger partial charge in [0.1, 0.15) is 11.8 Å². The molecule has 0 radical (unpaired) electrons. The van der Waals surface area contributed by atoms with Crippen LogP contribution in [0.1, 0.15) is 24.3 Å². The van der Waals surface area contributed by atoms with Crippen LogP contribution in [0, 0.1) is 11.6 Å². The molecule has 0 unspecified atom stereocenters. The third-order valence-corrected chi connectivity index (χ3v) is 4.83. The molecule has 1 amide bonds. The minimum Gasteiger partial charge on any atom is -0.348 e. The Morgan fingerprint density at radius 1 is 1.17 bits per heavy atom. The van der Waals surface area contributed by atoms with Crippen molar-refractivity contribution in [3.8, 4) is 16.8 Å². The molecular weight excluding hydrogens is 392 g/mol. The Balaban J connectivity index is 1.47. The van der Waals surface area contributed by atoms with E-state index in [9.17, 15) is 13.6 Å². The van der Waals surface area contributed by atoms with Crippen molar-refractivity contribution in [1.82, 2.24) is 14.9 Å². The first-order valence-corrected chi connectivity index (χ1v) is 9.50. The van der Waals surface area contributed by atoms with Gasteiger partial charge in [-0.1, -0.05) is 18.2 Å². The molecule has 1 atom stereocenters. The second-order valence-corrected chi connectivity index (χ2v) is 7.49. The van der Waals surface area contributed by atoms with Crippen LogP contribution in [0.2, 0.25) is 0 Å². The van der Waals surface area contributed by atoms with Gasteiger partial charge in [-0.3, -0.25) is 9.36 Å². The van der Waals surface area contributed by atoms with Crippen LogP contribution in [0.3, 0.4) is 0 Å². The number of aromatic nitrogens is 2. The highest BCUT2D eigenvalue weighted by Crippen LogP contribution is 2.24. The van der Waals surface area contributed by atoms with Gasteiger partial charge in [-0.15, -0.1) is 0 Å². The van der Waals surface area contributed by atoms with Crippen molar-refractivity contribution in [2.75, 3.05) is 13.2 Å². The van der Waals surface area contributed by atoms with E-state index in [1.165, 1.54) is 12.3 Å². The molecule has 6 nitrogen and oxygen atoms in total. The van der Waals surface area contributed by atoms with Crippen molar-refractivity contribution in [3.05, 3.63) is 72.3 Å². The zero-order valence-corrected chi connectivity index (χ0v) is 16.6. The van der Waals surface area contributed by atoms with Crippen LogP contribution in [0.5, 0.6) is 0 Å². The van der Waals surface area contributed by atoms with Gasteiger partial charge in [0.15, 0.2) is 17.4 Å². The summed E-state index contributed by atoms with van der Waals surface area (Å²) in [6, 6.07) is 10.9. The van der Waals surface area contributed by atoms with E-state index in [2.05, 4.69) is 10.3 Å². The summed E-state index contributed by atoms with van der Waals surface area (Å²) < 4.78 is 39.5. The Bertz CT molecular complexity index is 1060. The number of hydrogen-bond donors (Lipinski definition) is 1. The van der Waals surface area contributed by atoms with Gasteiger partial charge in [-0.05, 0) is 49.2 Å². The van der Waals surface area contributed by atoms with Crippen LogP contribution >= 0.6 is 0 Å². The van der Waals surface area contributed by atoms with E-state index in [4.69, 9.17) is 9.47 Å². The van der Waals surface area contributed by atoms with Crippen molar-refractivity contribution < 1.29 is 23.0 Å². The summed E-state index contributed by atoms with van der Waals surface area (Å²) in [4.78, 5) is 16.7. The van der Waals surface area contributed by atoms with Gasteiger partial charge in [-0.25, -0.2) is 13.8 Å². The number of amides is 1. The van der Waals surface area contributed by atoms with Crippen molar-refractivity contribution in [2.45, 2.75) is 25.7 Å². The maximum atomic E-state index is 13.5. The summed E-state index contributed by atoms with van der Waals surface area (Å²) in [5, 5.41) is 2.84. The fraction of sp³-hybridized carbons (Fsp3) is 0.273. The molecule has 1 fully saturated rings. The molecule has 1 aliphatic heterocycles. The highest BCUT2D eigenvalue weighted by molar-refractivity contribution is 5.93. The summed E-state index contributed by atoms with van der Waals surface area (Å²) in [5.74, 6) is -2.72. The number of halogens is 2. The van der Waals surface area contributed by atoms with E-state index in [1.807, 2.05) is 13.8 Å². The molecule has 1 aliphatic rings. The second-order valence-electron chi connectivity index (χ2n) is 7.49. The molecule has 30 heavy (non-hydrogen) atoms. The summed E-state index contributed by atoms with van der Waals surface area (Å²) in [7, 11) is 0. The first kappa shape index (κ1) is 20.2. The number of nitrogens with zero attached hydrogens (tertiary/aromatic N) is 2. The molecule has 0 spiro atoms. The smallest absolute Gasteiger partial charge is 0.270 e. The van der Waals surface area contributed by atoms with Gasteiger partial charge in [0, 0.05) is 12.2 Å². The van der Waals surface area contributed by atoms with Crippen molar-refractivity contribution in [3.63, 3.8) is 0 Å². The number of imidazole rings is 1. The number of carbonyl (C=O) groups excluding carboxylic acids is 1. The quantitative estimate of drug-likeness (QED) is 0.693. The molecule has 3 aromatic rings. The average Bonchev–Trinajstić information content (AvgIpc) is 3.35. The number of nitrogens with one attached hydrogen (secondary N) is 1. The van der Waals surface area contributed by atoms with Crippen LogP contribution in [-0.2, 0) is 9.47 Å². The summed E-state index contributed by atoms with van der Waals surface area (Å²) >= 11 is 0. The number of ether oxygens (including phenoxy) is 2. The molecule has 1 N–H and O–H groups in total. The van der Waals surface area contributed by atoms with Gasteiger partial charge >= 0.3 is 0 Å². The third kappa shape index (κ3) is 4.24. The topological polar surface area (TPSA) is 65.4 Å². The third-order valence-electron chi connectivity index (χ3n) is 4.83. The first-order valence-electron chi connectivity index (χ1n) is 9.50. The molecule has 0 bridgehead atoms. The van der Waals surface area contributed by atoms with Gasteiger partial charge in [0.05, 0.1) is 19.1 Å². The highest BCUT2D eigenvalue weighted by atomic mass is 19.2. The molecule has 2 heterocycles. The Morgan fingerprint density at radius 2 is 1.90 bits per heavy atom. The number of rotatable bonds is 5. The monoisotopic (exact) mass is 413 g/mol. The largest absolute Gasteiger partial charge is 0.348 e. The Labute approximate surface area is 172 Å². The first-order chi connectivity index (χ1) is 14.3. The van der Waals surface area contributed by atoms with E-state index >= 15 is 0 Å². The zero-order valence-electron chi connectivity index (χ0n) is 16.6. The maximum absolute atomic E-state index is 13.5. The predicted octanol–water partition coefficient (Wildman–Crippen LogP) is 3.70. The Morgan fingerprint density at radius 3 is 2.57 bits per heavy atom. The molecule has 4 rings (SSSR count). The van der Waals surface area contributed by atoms with E-state index in [0.717, 1.165) is 17.7 Å². The minimum absolute atomic E-state index is 0.212. The lowest BCUT2D eigenvalue weighted by Gasteiger charge is -2.17. The lowest BCUT2D eigenvalue weighted by atomic mass is 10.1. The molecular formula is C22H21F2N3O3. The van der Waals surface area contributed by atoms with Gasteiger partial charge in [0.2, 0.25) is 0 Å². The number of benzene rings is 2.